The maximum atomic E-state index is 12.5. The van der Waals surface area contributed by atoms with E-state index in [4.69, 9.17) is 9.84 Å². The fraction of sp³-hybridized carbons (Fsp3) is 0.211. The van der Waals surface area contributed by atoms with Gasteiger partial charge < -0.3 is 25.8 Å². The number of carbonyl (C=O) groups excluding carboxylic acids is 3. The van der Waals surface area contributed by atoms with Gasteiger partial charge in [0.2, 0.25) is 0 Å². The summed E-state index contributed by atoms with van der Waals surface area (Å²) in [4.78, 5) is 36.0. The van der Waals surface area contributed by atoms with Crippen molar-refractivity contribution in [1.82, 2.24) is 10.6 Å². The number of nitrogens with one attached hydrogen (secondary N) is 3. The van der Waals surface area contributed by atoms with Gasteiger partial charge in [-0.15, -0.1) is 0 Å². The van der Waals surface area contributed by atoms with Gasteiger partial charge in [0.05, 0.1) is 25.0 Å². The largest absolute Gasteiger partial charge is 0.496 e. The van der Waals surface area contributed by atoms with Crippen molar-refractivity contribution in [3.63, 3.8) is 0 Å². The summed E-state index contributed by atoms with van der Waals surface area (Å²) in [5.74, 6) is -1.57. The summed E-state index contributed by atoms with van der Waals surface area (Å²) in [5.41, 5.74) is 1.23. The molecule has 2 aromatic rings. The highest BCUT2D eigenvalue weighted by molar-refractivity contribution is 6.40. The summed E-state index contributed by atoms with van der Waals surface area (Å²) in [6, 6.07) is 13.6. The number of ether oxygens (including phenoxy) is 1. The summed E-state index contributed by atoms with van der Waals surface area (Å²) in [6.45, 7) is -0.0730. The van der Waals surface area contributed by atoms with Gasteiger partial charge in [0, 0.05) is 18.7 Å². The molecule has 0 aromatic heterocycles. The highest BCUT2D eigenvalue weighted by Crippen LogP contribution is 2.18. The molecule has 3 amide bonds. The summed E-state index contributed by atoms with van der Waals surface area (Å²) >= 11 is 0. The number of anilines is 1. The van der Waals surface area contributed by atoms with Gasteiger partial charge in [-0.2, -0.15) is 0 Å². The number of carbonyl (C=O) groups is 3. The van der Waals surface area contributed by atoms with Crippen molar-refractivity contribution >= 4 is 23.4 Å². The Bertz CT molecular complexity index is 822. The van der Waals surface area contributed by atoms with E-state index in [0.717, 1.165) is 5.56 Å². The molecule has 0 aliphatic carbocycles. The molecule has 8 nitrogen and oxygen atoms in total. The van der Waals surface area contributed by atoms with Gasteiger partial charge in [0.1, 0.15) is 5.75 Å². The average molecular weight is 371 g/mol. The number of methoxy groups -OCH3 is 1. The number of hydrogen-bond donors (Lipinski definition) is 4. The first-order chi connectivity index (χ1) is 13.1. The third kappa shape index (κ3) is 5.55. The molecule has 2 rings (SSSR count). The number of para-hydroxylation sites is 2. The minimum Gasteiger partial charge on any atom is -0.496 e. The lowest BCUT2D eigenvalue weighted by molar-refractivity contribution is -0.136. The predicted molar refractivity (Wildman–Crippen MR) is 99.3 cm³/mol. The Hall–Kier alpha value is -3.39. The second kappa shape index (κ2) is 9.93. The standard InChI is InChI=1S/C19H21N3O5/c1-27-16-9-5-2-6-13(16)12-21-17(24)14-7-3-4-8-15(14)22-19(26)18(25)20-10-11-23/h2-9,23H,10-12H2,1H3,(H,20,25)(H,21,24)(H,22,26). The molecule has 0 aliphatic rings. The molecule has 0 radical (unpaired) electrons. The van der Waals surface area contributed by atoms with Crippen LogP contribution >= 0.6 is 0 Å². The number of benzene rings is 2. The maximum absolute atomic E-state index is 12.5. The minimum absolute atomic E-state index is 0.0344. The zero-order valence-corrected chi connectivity index (χ0v) is 14.8. The number of aliphatic hydroxyl groups excluding tert-OH is 1. The summed E-state index contributed by atoms with van der Waals surface area (Å²) in [5, 5.41) is 16.1. The number of rotatable bonds is 7. The Labute approximate surface area is 156 Å². The van der Waals surface area contributed by atoms with E-state index in [9.17, 15) is 14.4 Å². The summed E-state index contributed by atoms with van der Waals surface area (Å²) in [6.07, 6.45) is 0. The van der Waals surface area contributed by atoms with Crippen molar-refractivity contribution in [3.05, 3.63) is 59.7 Å². The smallest absolute Gasteiger partial charge is 0.313 e. The van der Waals surface area contributed by atoms with Crippen LogP contribution in [0.2, 0.25) is 0 Å². The lowest BCUT2D eigenvalue weighted by atomic mass is 10.1. The van der Waals surface area contributed by atoms with Crippen molar-refractivity contribution in [2.45, 2.75) is 6.54 Å². The number of hydrogen-bond acceptors (Lipinski definition) is 5. The van der Waals surface area contributed by atoms with Crippen LogP contribution in [0.5, 0.6) is 5.75 Å². The molecule has 0 aliphatic heterocycles. The molecule has 0 saturated carbocycles. The first-order valence-electron chi connectivity index (χ1n) is 8.26. The Kier molecular flexibility index (Phi) is 7.33. The van der Waals surface area contributed by atoms with E-state index < -0.39 is 17.7 Å². The van der Waals surface area contributed by atoms with E-state index in [-0.39, 0.29) is 30.9 Å². The molecular weight excluding hydrogens is 350 g/mol. The maximum Gasteiger partial charge on any atom is 0.313 e. The molecule has 8 heteroatoms. The zero-order valence-electron chi connectivity index (χ0n) is 14.8. The van der Waals surface area contributed by atoms with Gasteiger partial charge in [0.15, 0.2) is 0 Å². The Morgan fingerprint density at radius 1 is 0.963 bits per heavy atom. The quantitative estimate of drug-likeness (QED) is 0.534. The van der Waals surface area contributed by atoms with Gasteiger partial charge >= 0.3 is 11.8 Å². The first kappa shape index (κ1) is 19.9. The molecule has 0 atom stereocenters. The molecule has 0 unspecified atom stereocenters. The number of aliphatic hydroxyl groups is 1. The summed E-state index contributed by atoms with van der Waals surface area (Å²) < 4.78 is 5.25. The highest BCUT2D eigenvalue weighted by atomic mass is 16.5. The molecule has 0 fully saturated rings. The van der Waals surface area contributed by atoms with Crippen molar-refractivity contribution in [2.24, 2.45) is 0 Å². The van der Waals surface area contributed by atoms with Crippen LogP contribution in [0.1, 0.15) is 15.9 Å². The van der Waals surface area contributed by atoms with E-state index in [1.165, 1.54) is 6.07 Å². The van der Waals surface area contributed by atoms with Crippen LogP contribution < -0.4 is 20.7 Å². The Morgan fingerprint density at radius 2 is 1.67 bits per heavy atom. The molecule has 27 heavy (non-hydrogen) atoms. The van der Waals surface area contributed by atoms with Gasteiger partial charge in [-0.3, -0.25) is 14.4 Å². The van der Waals surface area contributed by atoms with Crippen molar-refractivity contribution in [2.75, 3.05) is 25.6 Å². The molecule has 142 valence electrons. The lowest BCUT2D eigenvalue weighted by Crippen LogP contribution is -2.37. The lowest BCUT2D eigenvalue weighted by Gasteiger charge is -2.12. The van der Waals surface area contributed by atoms with E-state index >= 15 is 0 Å². The average Bonchev–Trinajstić information content (AvgIpc) is 2.70. The van der Waals surface area contributed by atoms with Gasteiger partial charge in [-0.1, -0.05) is 30.3 Å². The fourth-order valence-electron chi connectivity index (χ4n) is 2.34. The van der Waals surface area contributed by atoms with E-state index in [2.05, 4.69) is 16.0 Å². The van der Waals surface area contributed by atoms with E-state index in [0.29, 0.717) is 5.75 Å². The first-order valence-corrected chi connectivity index (χ1v) is 8.26. The Morgan fingerprint density at radius 3 is 2.41 bits per heavy atom. The third-order valence-corrected chi connectivity index (χ3v) is 3.66. The third-order valence-electron chi connectivity index (χ3n) is 3.66. The second-order valence-corrected chi connectivity index (χ2v) is 5.47. The van der Waals surface area contributed by atoms with Crippen LogP contribution in [0.4, 0.5) is 5.69 Å². The Balaban J connectivity index is 2.06. The molecule has 4 N–H and O–H groups in total. The molecule has 0 saturated heterocycles. The van der Waals surface area contributed by atoms with Gasteiger partial charge in [0.25, 0.3) is 5.91 Å². The van der Waals surface area contributed by atoms with Gasteiger partial charge in [-0.05, 0) is 18.2 Å². The van der Waals surface area contributed by atoms with Gasteiger partial charge in [-0.25, -0.2) is 0 Å². The van der Waals surface area contributed by atoms with E-state index in [1.54, 1.807) is 31.4 Å². The van der Waals surface area contributed by atoms with Crippen LogP contribution in [0, 0.1) is 0 Å². The van der Waals surface area contributed by atoms with Crippen LogP contribution in [0.15, 0.2) is 48.5 Å². The fourth-order valence-corrected chi connectivity index (χ4v) is 2.34. The predicted octanol–water partition coefficient (Wildman–Crippen LogP) is 0.672. The van der Waals surface area contributed by atoms with Crippen LogP contribution in [-0.2, 0) is 16.1 Å². The zero-order chi connectivity index (χ0) is 19.6. The van der Waals surface area contributed by atoms with Crippen molar-refractivity contribution < 1.29 is 24.2 Å². The molecule has 2 aromatic carbocycles. The monoisotopic (exact) mass is 371 g/mol. The molecular formula is C19H21N3O5. The summed E-state index contributed by atoms with van der Waals surface area (Å²) in [7, 11) is 1.55. The van der Waals surface area contributed by atoms with Crippen molar-refractivity contribution in [3.8, 4) is 5.75 Å². The minimum atomic E-state index is -0.923. The highest BCUT2D eigenvalue weighted by Gasteiger charge is 2.17. The molecule has 0 spiro atoms. The SMILES string of the molecule is COc1ccccc1CNC(=O)c1ccccc1NC(=O)C(=O)NCCO. The van der Waals surface area contributed by atoms with Crippen LogP contribution in [-0.4, -0.2) is 43.1 Å². The van der Waals surface area contributed by atoms with Crippen molar-refractivity contribution in [1.29, 1.82) is 0 Å². The molecule has 0 bridgehead atoms. The normalized spacial score (nSPS) is 10.0. The molecule has 0 heterocycles. The number of amides is 3. The van der Waals surface area contributed by atoms with Crippen LogP contribution in [0.3, 0.4) is 0 Å². The topological polar surface area (TPSA) is 117 Å². The second-order valence-electron chi connectivity index (χ2n) is 5.47. The van der Waals surface area contributed by atoms with Crippen LogP contribution in [0.25, 0.3) is 0 Å². The van der Waals surface area contributed by atoms with E-state index in [1.807, 2.05) is 18.2 Å².